The number of amides is 1. The molecule has 0 unspecified atom stereocenters. The largest absolute Gasteiger partial charge is 0.497 e. The van der Waals surface area contributed by atoms with Gasteiger partial charge in [0.1, 0.15) is 5.75 Å². The maximum Gasteiger partial charge on any atom is 0.225 e. The van der Waals surface area contributed by atoms with Crippen molar-refractivity contribution >= 4 is 5.91 Å². The Morgan fingerprint density at radius 3 is 2.41 bits per heavy atom. The third kappa shape index (κ3) is 6.42. The molecule has 0 spiro atoms. The molecule has 3 aromatic carbocycles. The lowest BCUT2D eigenvalue weighted by molar-refractivity contribution is -0.136. The minimum absolute atomic E-state index is 0.184. The van der Waals surface area contributed by atoms with Gasteiger partial charge < -0.3 is 9.64 Å². The second-order valence-corrected chi connectivity index (χ2v) is 11.0. The SMILES string of the molecule is COc1cccc([C@@H]2CN(Cc3ccc(C)cc3)C[C@@H]2CN(Cc2ccccc2)C(=O)C2CCCC2)c1. The van der Waals surface area contributed by atoms with Gasteiger partial charge in [-0.3, -0.25) is 9.69 Å². The normalized spacial score (nSPS) is 20.3. The van der Waals surface area contributed by atoms with Crippen molar-refractivity contribution in [1.29, 1.82) is 0 Å². The zero-order valence-electron chi connectivity index (χ0n) is 22.3. The van der Waals surface area contributed by atoms with Crippen LogP contribution >= 0.6 is 0 Å². The Balaban J connectivity index is 1.40. The van der Waals surface area contributed by atoms with Gasteiger partial charge in [-0.05, 0) is 54.5 Å². The van der Waals surface area contributed by atoms with Crippen LogP contribution in [0.15, 0.2) is 78.9 Å². The fraction of sp³-hybridized carbons (Fsp3) is 0.424. The van der Waals surface area contributed by atoms with Gasteiger partial charge in [0.15, 0.2) is 0 Å². The highest BCUT2D eigenvalue weighted by molar-refractivity contribution is 5.79. The molecule has 1 aliphatic heterocycles. The van der Waals surface area contributed by atoms with Gasteiger partial charge in [0, 0.05) is 44.6 Å². The zero-order valence-corrected chi connectivity index (χ0v) is 22.3. The Morgan fingerprint density at radius 2 is 1.68 bits per heavy atom. The van der Waals surface area contributed by atoms with E-state index in [1.54, 1.807) is 7.11 Å². The maximum atomic E-state index is 13.8. The fourth-order valence-electron chi connectivity index (χ4n) is 6.23. The molecule has 2 atom stereocenters. The van der Waals surface area contributed by atoms with Gasteiger partial charge in [0.25, 0.3) is 0 Å². The highest BCUT2D eigenvalue weighted by Crippen LogP contribution is 2.37. The first-order valence-corrected chi connectivity index (χ1v) is 13.8. The smallest absolute Gasteiger partial charge is 0.225 e. The minimum atomic E-state index is 0.184. The van der Waals surface area contributed by atoms with Gasteiger partial charge in [-0.2, -0.15) is 0 Å². The summed E-state index contributed by atoms with van der Waals surface area (Å²) in [6.45, 7) is 6.52. The van der Waals surface area contributed by atoms with Gasteiger partial charge in [0.05, 0.1) is 7.11 Å². The molecule has 0 radical (unpaired) electrons. The van der Waals surface area contributed by atoms with Crippen molar-refractivity contribution in [2.45, 2.75) is 51.6 Å². The van der Waals surface area contributed by atoms with E-state index < -0.39 is 0 Å². The quantitative estimate of drug-likeness (QED) is 0.342. The molecule has 1 amide bonds. The minimum Gasteiger partial charge on any atom is -0.497 e. The van der Waals surface area contributed by atoms with Crippen LogP contribution in [-0.2, 0) is 17.9 Å². The number of carbonyl (C=O) groups is 1. The summed E-state index contributed by atoms with van der Waals surface area (Å²) in [4.78, 5) is 18.5. The van der Waals surface area contributed by atoms with Crippen LogP contribution < -0.4 is 4.74 Å². The van der Waals surface area contributed by atoms with Crippen LogP contribution in [-0.4, -0.2) is 42.5 Å². The molecule has 1 aliphatic carbocycles. The molecule has 4 nitrogen and oxygen atoms in total. The van der Waals surface area contributed by atoms with E-state index in [-0.39, 0.29) is 5.92 Å². The summed E-state index contributed by atoms with van der Waals surface area (Å²) in [5.41, 5.74) is 5.16. The predicted molar refractivity (Wildman–Crippen MR) is 149 cm³/mol. The number of hydrogen-bond donors (Lipinski definition) is 0. The lowest BCUT2D eigenvalue weighted by Crippen LogP contribution is -2.40. The van der Waals surface area contributed by atoms with Gasteiger partial charge in [-0.25, -0.2) is 0 Å². The van der Waals surface area contributed by atoms with Crippen LogP contribution in [0.25, 0.3) is 0 Å². The molecule has 37 heavy (non-hydrogen) atoms. The number of carbonyl (C=O) groups excluding carboxylic acids is 1. The molecular formula is C33H40N2O2. The van der Waals surface area contributed by atoms with Crippen molar-refractivity contribution in [3.8, 4) is 5.75 Å². The molecule has 3 aromatic rings. The van der Waals surface area contributed by atoms with E-state index in [1.807, 2.05) is 12.1 Å². The third-order valence-electron chi connectivity index (χ3n) is 8.25. The average molecular weight is 497 g/mol. The maximum absolute atomic E-state index is 13.8. The van der Waals surface area contributed by atoms with Crippen molar-refractivity contribution < 1.29 is 9.53 Å². The molecule has 2 fully saturated rings. The lowest BCUT2D eigenvalue weighted by atomic mass is 9.88. The summed E-state index contributed by atoms with van der Waals surface area (Å²) in [7, 11) is 1.73. The zero-order chi connectivity index (χ0) is 25.6. The number of methoxy groups -OCH3 is 1. The molecule has 0 N–H and O–H groups in total. The van der Waals surface area contributed by atoms with Crippen LogP contribution in [0.1, 0.15) is 53.9 Å². The van der Waals surface area contributed by atoms with Crippen molar-refractivity contribution in [3.05, 3.63) is 101 Å². The molecule has 1 heterocycles. The first-order chi connectivity index (χ1) is 18.1. The molecular weight excluding hydrogens is 456 g/mol. The summed E-state index contributed by atoms with van der Waals surface area (Å²) < 4.78 is 5.57. The number of benzene rings is 3. The summed E-state index contributed by atoms with van der Waals surface area (Å²) >= 11 is 0. The molecule has 0 aromatic heterocycles. The first-order valence-electron chi connectivity index (χ1n) is 13.8. The van der Waals surface area contributed by atoms with E-state index in [4.69, 9.17) is 4.74 Å². The van der Waals surface area contributed by atoms with Gasteiger partial charge in [-0.15, -0.1) is 0 Å². The van der Waals surface area contributed by atoms with E-state index in [0.717, 1.165) is 44.8 Å². The Morgan fingerprint density at radius 1 is 0.919 bits per heavy atom. The highest BCUT2D eigenvalue weighted by atomic mass is 16.5. The number of likely N-dealkylation sites (tertiary alicyclic amines) is 1. The van der Waals surface area contributed by atoms with Crippen molar-refractivity contribution in [2.24, 2.45) is 11.8 Å². The predicted octanol–water partition coefficient (Wildman–Crippen LogP) is 6.44. The second-order valence-electron chi connectivity index (χ2n) is 11.0. The summed E-state index contributed by atoms with van der Waals surface area (Å²) in [5, 5.41) is 0. The van der Waals surface area contributed by atoms with E-state index in [9.17, 15) is 4.79 Å². The Bertz CT molecular complexity index is 1150. The van der Waals surface area contributed by atoms with Gasteiger partial charge in [0.2, 0.25) is 5.91 Å². The van der Waals surface area contributed by atoms with Crippen molar-refractivity contribution in [3.63, 3.8) is 0 Å². The van der Waals surface area contributed by atoms with Gasteiger partial charge in [-0.1, -0.05) is 85.1 Å². The topological polar surface area (TPSA) is 32.8 Å². The Hall–Kier alpha value is -3.11. The molecule has 1 saturated carbocycles. The summed E-state index contributed by atoms with van der Waals surface area (Å²) in [6.07, 6.45) is 4.42. The number of hydrogen-bond acceptors (Lipinski definition) is 3. The summed E-state index contributed by atoms with van der Waals surface area (Å²) in [6, 6.07) is 27.9. The van der Waals surface area contributed by atoms with E-state index in [1.165, 1.54) is 35.1 Å². The van der Waals surface area contributed by atoms with Crippen LogP contribution in [0.4, 0.5) is 0 Å². The Kier molecular flexibility index (Phi) is 8.25. The van der Waals surface area contributed by atoms with Crippen LogP contribution in [0.3, 0.4) is 0 Å². The van der Waals surface area contributed by atoms with Gasteiger partial charge >= 0.3 is 0 Å². The van der Waals surface area contributed by atoms with Crippen LogP contribution in [0.5, 0.6) is 5.75 Å². The van der Waals surface area contributed by atoms with E-state index in [2.05, 4.69) is 83.5 Å². The molecule has 0 bridgehead atoms. The number of nitrogens with zero attached hydrogens (tertiary/aromatic N) is 2. The summed E-state index contributed by atoms with van der Waals surface area (Å²) in [5.74, 6) is 2.16. The first kappa shape index (κ1) is 25.5. The molecule has 2 aliphatic rings. The standard InChI is InChI=1S/C33H40N2O2/c1-25-15-17-27(18-16-25)20-34-22-30(32(24-34)29-13-8-14-31(19-29)37-2)23-35(21-26-9-4-3-5-10-26)33(36)28-11-6-7-12-28/h3-5,8-10,13-19,28,30,32H,6-7,11-12,20-24H2,1-2H3/t30-,32+/m1/s1. The Labute approximate surface area is 222 Å². The molecule has 5 rings (SSSR count). The fourth-order valence-corrected chi connectivity index (χ4v) is 6.23. The average Bonchev–Trinajstić information content (AvgIpc) is 3.60. The van der Waals surface area contributed by atoms with E-state index in [0.29, 0.717) is 24.3 Å². The van der Waals surface area contributed by atoms with Crippen LogP contribution in [0.2, 0.25) is 0 Å². The van der Waals surface area contributed by atoms with Crippen LogP contribution in [0, 0.1) is 18.8 Å². The van der Waals surface area contributed by atoms with Crippen molar-refractivity contribution in [2.75, 3.05) is 26.7 Å². The number of rotatable bonds is 9. The monoisotopic (exact) mass is 496 g/mol. The second kappa shape index (κ2) is 12.0. The molecule has 1 saturated heterocycles. The molecule has 194 valence electrons. The highest BCUT2D eigenvalue weighted by Gasteiger charge is 2.37. The lowest BCUT2D eigenvalue weighted by Gasteiger charge is -2.31. The third-order valence-corrected chi connectivity index (χ3v) is 8.25. The number of aryl methyl sites for hydroxylation is 1. The molecule has 4 heteroatoms. The van der Waals surface area contributed by atoms with Crippen molar-refractivity contribution in [1.82, 2.24) is 9.80 Å². The van der Waals surface area contributed by atoms with E-state index >= 15 is 0 Å². The number of ether oxygens (including phenoxy) is 1.